The van der Waals surface area contributed by atoms with E-state index in [2.05, 4.69) is 30.8 Å². The summed E-state index contributed by atoms with van der Waals surface area (Å²) in [5, 5.41) is 4.87. The lowest BCUT2D eigenvalue weighted by Gasteiger charge is -2.62. The van der Waals surface area contributed by atoms with Crippen LogP contribution in [0.15, 0.2) is 36.9 Å². The van der Waals surface area contributed by atoms with Gasteiger partial charge in [0, 0.05) is 19.5 Å². The van der Waals surface area contributed by atoms with E-state index in [4.69, 9.17) is 14.6 Å². The third-order valence-electron chi connectivity index (χ3n) is 8.16. The first-order valence-electron chi connectivity index (χ1n) is 12.9. The lowest BCUT2D eigenvalue weighted by atomic mass is 9.42. The van der Waals surface area contributed by atoms with Gasteiger partial charge in [0.2, 0.25) is 11.8 Å². The molecule has 1 atom stereocenters. The highest BCUT2D eigenvalue weighted by atomic mass is 16.6. The maximum absolute atomic E-state index is 13.2. The summed E-state index contributed by atoms with van der Waals surface area (Å²) >= 11 is 0. The van der Waals surface area contributed by atoms with Crippen molar-refractivity contribution in [2.24, 2.45) is 5.92 Å². The third kappa shape index (κ3) is 3.69. The molecule has 0 saturated heterocycles. The van der Waals surface area contributed by atoms with Gasteiger partial charge in [-0.2, -0.15) is 0 Å². The van der Waals surface area contributed by atoms with Gasteiger partial charge in [-0.05, 0) is 75.1 Å². The highest BCUT2D eigenvalue weighted by Crippen LogP contribution is 2.65. The fraction of sp³-hybridized carbons (Fsp3) is 0.536. The number of hydrogen-bond donors (Lipinski definition) is 0. The summed E-state index contributed by atoms with van der Waals surface area (Å²) in [5.41, 5.74) is 4.08. The van der Waals surface area contributed by atoms with Crippen molar-refractivity contribution in [1.82, 2.24) is 19.6 Å². The number of aromatic nitrogens is 2. The SMILES string of the molecule is C=CC(=O)N1CCOc2nn(-c3ccc(C45CC(C4)C5)cc3)c3c2C(C1)N(C(=O)OC(C)(C)C)CC3. The van der Waals surface area contributed by atoms with Crippen molar-refractivity contribution >= 4 is 12.0 Å². The molecule has 1 aromatic heterocycles. The van der Waals surface area contributed by atoms with Crippen LogP contribution >= 0.6 is 0 Å². The van der Waals surface area contributed by atoms with Crippen LogP contribution in [-0.2, 0) is 21.4 Å². The van der Waals surface area contributed by atoms with Gasteiger partial charge in [-0.25, -0.2) is 9.48 Å². The van der Waals surface area contributed by atoms with Crippen molar-refractivity contribution in [3.05, 3.63) is 53.7 Å². The molecule has 3 aliphatic carbocycles. The second-order valence-electron chi connectivity index (χ2n) is 11.7. The number of amides is 2. The molecule has 8 nitrogen and oxygen atoms in total. The van der Waals surface area contributed by atoms with E-state index in [1.54, 1.807) is 9.80 Å². The Morgan fingerprint density at radius 2 is 1.89 bits per heavy atom. The standard InChI is InChI=1S/C28H34N4O4/c1-5-23(33)30-12-13-35-25-24-21(10-11-31(22(24)17-30)26(34)36-27(2,3)4)32(29-25)20-8-6-19(7-9-20)28-14-18(15-28)16-28/h5-9,18,22H,1,10-17H2,2-4H3. The van der Waals surface area contributed by atoms with Gasteiger partial charge in [-0.15, -0.1) is 5.10 Å². The van der Waals surface area contributed by atoms with Crippen LogP contribution in [-0.4, -0.2) is 63.4 Å². The maximum atomic E-state index is 13.2. The summed E-state index contributed by atoms with van der Waals surface area (Å²) in [5.74, 6) is 1.28. The van der Waals surface area contributed by atoms with Crippen molar-refractivity contribution in [3.8, 4) is 11.6 Å². The molecule has 5 aliphatic rings. The van der Waals surface area contributed by atoms with Crippen molar-refractivity contribution < 1.29 is 19.1 Å². The summed E-state index contributed by atoms with van der Waals surface area (Å²) in [6.07, 6.45) is 5.49. The molecule has 36 heavy (non-hydrogen) atoms. The third-order valence-corrected chi connectivity index (χ3v) is 8.16. The smallest absolute Gasteiger partial charge is 0.410 e. The van der Waals surface area contributed by atoms with Crippen LogP contribution in [0.25, 0.3) is 5.69 Å². The summed E-state index contributed by atoms with van der Waals surface area (Å²) in [4.78, 5) is 29.2. The van der Waals surface area contributed by atoms with E-state index in [-0.39, 0.29) is 5.91 Å². The van der Waals surface area contributed by atoms with E-state index < -0.39 is 17.7 Å². The van der Waals surface area contributed by atoms with E-state index >= 15 is 0 Å². The molecular weight excluding hydrogens is 456 g/mol. The maximum Gasteiger partial charge on any atom is 0.410 e. The van der Waals surface area contributed by atoms with Crippen LogP contribution in [0.1, 0.15) is 62.9 Å². The van der Waals surface area contributed by atoms with Crippen LogP contribution in [0, 0.1) is 5.92 Å². The van der Waals surface area contributed by atoms with Gasteiger partial charge in [0.05, 0.1) is 29.5 Å². The van der Waals surface area contributed by atoms with E-state index in [0.29, 0.717) is 44.0 Å². The molecule has 190 valence electrons. The zero-order valence-corrected chi connectivity index (χ0v) is 21.3. The minimum atomic E-state index is -0.624. The number of nitrogens with zero attached hydrogens (tertiary/aromatic N) is 4. The Morgan fingerprint density at radius 3 is 2.50 bits per heavy atom. The first-order chi connectivity index (χ1) is 17.2. The van der Waals surface area contributed by atoms with Gasteiger partial charge in [0.15, 0.2) is 0 Å². The Kier molecular flexibility index (Phi) is 5.21. The van der Waals surface area contributed by atoms with Crippen molar-refractivity contribution in [1.29, 1.82) is 0 Å². The van der Waals surface area contributed by atoms with Crippen LogP contribution in [0.3, 0.4) is 0 Å². The molecule has 3 heterocycles. The molecule has 3 saturated carbocycles. The molecule has 7 rings (SSSR count). The van der Waals surface area contributed by atoms with Gasteiger partial charge in [0.1, 0.15) is 12.2 Å². The van der Waals surface area contributed by atoms with Gasteiger partial charge in [0.25, 0.3) is 0 Å². The lowest BCUT2D eigenvalue weighted by molar-refractivity contribution is -0.127. The fourth-order valence-corrected chi connectivity index (χ4v) is 6.28. The lowest BCUT2D eigenvalue weighted by Crippen LogP contribution is -2.55. The monoisotopic (exact) mass is 490 g/mol. The van der Waals surface area contributed by atoms with Crippen LogP contribution in [0.4, 0.5) is 4.79 Å². The average molecular weight is 491 g/mol. The number of ether oxygens (including phenoxy) is 2. The largest absolute Gasteiger partial charge is 0.474 e. The summed E-state index contributed by atoms with van der Waals surface area (Å²) < 4.78 is 13.8. The summed E-state index contributed by atoms with van der Waals surface area (Å²) in [6.45, 7) is 10.7. The summed E-state index contributed by atoms with van der Waals surface area (Å²) in [7, 11) is 0. The molecule has 3 fully saturated rings. The zero-order chi connectivity index (χ0) is 25.2. The van der Waals surface area contributed by atoms with Crippen LogP contribution < -0.4 is 4.74 Å². The highest BCUT2D eigenvalue weighted by molar-refractivity contribution is 5.87. The Bertz CT molecular complexity index is 1210. The van der Waals surface area contributed by atoms with E-state index in [0.717, 1.165) is 22.9 Å². The van der Waals surface area contributed by atoms with Crippen LogP contribution in [0.2, 0.25) is 0 Å². The molecule has 2 amide bonds. The van der Waals surface area contributed by atoms with Crippen molar-refractivity contribution in [3.63, 3.8) is 0 Å². The fourth-order valence-electron chi connectivity index (χ4n) is 6.28. The number of rotatable bonds is 3. The molecule has 1 aromatic carbocycles. The Balaban J connectivity index is 1.37. The molecule has 2 bridgehead atoms. The zero-order valence-electron chi connectivity index (χ0n) is 21.3. The first-order valence-corrected chi connectivity index (χ1v) is 12.9. The molecule has 0 spiro atoms. The number of carbonyl (C=O) groups excluding carboxylic acids is 2. The van der Waals surface area contributed by atoms with Crippen molar-refractivity contribution in [2.75, 3.05) is 26.2 Å². The molecule has 0 radical (unpaired) electrons. The molecule has 2 aliphatic heterocycles. The Labute approximate surface area is 211 Å². The molecule has 2 aromatic rings. The van der Waals surface area contributed by atoms with Crippen LogP contribution in [0.5, 0.6) is 5.88 Å². The second-order valence-corrected chi connectivity index (χ2v) is 11.7. The highest BCUT2D eigenvalue weighted by Gasteiger charge is 2.57. The predicted molar refractivity (Wildman–Crippen MR) is 134 cm³/mol. The van der Waals surface area contributed by atoms with Gasteiger partial charge >= 0.3 is 6.09 Å². The normalized spacial score (nSPS) is 26.4. The quantitative estimate of drug-likeness (QED) is 0.604. The van der Waals surface area contributed by atoms with E-state index in [9.17, 15) is 9.59 Å². The number of benzene rings is 1. The molecular formula is C28H34N4O4. The number of carbonyl (C=O) groups is 2. The topological polar surface area (TPSA) is 76.9 Å². The average Bonchev–Trinajstić information content (AvgIpc) is 3.12. The van der Waals surface area contributed by atoms with Gasteiger partial charge in [-0.3, -0.25) is 9.69 Å². The Morgan fingerprint density at radius 1 is 1.17 bits per heavy atom. The minimum Gasteiger partial charge on any atom is -0.474 e. The Hall–Kier alpha value is -3.29. The molecule has 8 heteroatoms. The van der Waals surface area contributed by atoms with E-state index in [1.165, 1.54) is 30.9 Å². The minimum absolute atomic E-state index is 0.185. The van der Waals surface area contributed by atoms with E-state index in [1.807, 2.05) is 25.5 Å². The molecule has 0 N–H and O–H groups in total. The van der Waals surface area contributed by atoms with Gasteiger partial charge < -0.3 is 14.4 Å². The molecule has 1 unspecified atom stereocenters. The van der Waals surface area contributed by atoms with Gasteiger partial charge in [-0.1, -0.05) is 18.7 Å². The predicted octanol–water partition coefficient (Wildman–Crippen LogP) is 4.17. The first kappa shape index (κ1) is 23.1. The van der Waals surface area contributed by atoms with Crippen molar-refractivity contribution in [2.45, 2.75) is 63.5 Å². The number of hydrogen-bond acceptors (Lipinski definition) is 5. The summed E-state index contributed by atoms with van der Waals surface area (Å²) in [6, 6.07) is 8.37. The second kappa shape index (κ2) is 8.11.